The Morgan fingerprint density at radius 3 is 2.56 bits per heavy atom. The van der Waals surface area contributed by atoms with Crippen LogP contribution in [-0.4, -0.2) is 17.1 Å². The van der Waals surface area contributed by atoms with Gasteiger partial charge in [0.15, 0.2) is 0 Å². The third-order valence-electron chi connectivity index (χ3n) is 2.70. The minimum atomic E-state index is -0.804. The van der Waals surface area contributed by atoms with Crippen molar-refractivity contribution in [2.75, 3.05) is 0 Å². The van der Waals surface area contributed by atoms with E-state index >= 15 is 0 Å². The Morgan fingerprint density at radius 1 is 1.56 bits per heavy atom. The predicted octanol–water partition coefficient (Wildman–Crippen LogP) is 2.88. The van der Waals surface area contributed by atoms with E-state index in [0.717, 1.165) is 21.7 Å². The molecule has 0 aliphatic rings. The summed E-state index contributed by atoms with van der Waals surface area (Å²) in [5.74, 6) is -0.804. The number of carboxylic acids is 1. The maximum absolute atomic E-state index is 11.3. The first-order valence-electron chi connectivity index (χ1n) is 5.51. The van der Waals surface area contributed by atoms with Crippen molar-refractivity contribution >= 4 is 17.3 Å². The van der Waals surface area contributed by atoms with Crippen molar-refractivity contribution in [3.05, 3.63) is 21.4 Å². The largest absolute Gasteiger partial charge is 0.480 e. The van der Waals surface area contributed by atoms with E-state index in [2.05, 4.69) is 5.32 Å². The van der Waals surface area contributed by atoms with Gasteiger partial charge in [-0.15, -0.1) is 11.3 Å². The van der Waals surface area contributed by atoms with E-state index < -0.39 is 12.0 Å². The number of carboxylic acid groups (broad SMARTS) is 1. The highest BCUT2D eigenvalue weighted by Crippen LogP contribution is 2.27. The van der Waals surface area contributed by atoms with Crippen LogP contribution in [-0.2, 0) is 4.79 Å². The monoisotopic (exact) mass is 241 g/mol. The number of carbonyl (C=O) groups is 1. The molecule has 0 radical (unpaired) electrons. The topological polar surface area (TPSA) is 49.3 Å². The Labute approximate surface area is 100 Å². The minimum absolute atomic E-state index is 0.209. The molecule has 90 valence electrons. The van der Waals surface area contributed by atoms with E-state index in [4.69, 9.17) is 0 Å². The number of nitrogens with one attached hydrogen (secondary N) is 1. The summed E-state index contributed by atoms with van der Waals surface area (Å²) in [4.78, 5) is 13.5. The normalized spacial score (nSPS) is 14.8. The summed E-state index contributed by atoms with van der Waals surface area (Å²) < 4.78 is 0. The van der Waals surface area contributed by atoms with Crippen molar-refractivity contribution < 1.29 is 9.90 Å². The third kappa shape index (κ3) is 3.06. The van der Waals surface area contributed by atoms with E-state index in [-0.39, 0.29) is 6.04 Å². The van der Waals surface area contributed by atoms with Crippen LogP contribution >= 0.6 is 11.3 Å². The average Bonchev–Trinajstić information content (AvgIpc) is 2.53. The molecule has 2 unspecified atom stereocenters. The summed E-state index contributed by atoms with van der Waals surface area (Å²) in [6.45, 7) is 8.03. The van der Waals surface area contributed by atoms with E-state index in [9.17, 15) is 9.90 Å². The molecule has 1 rings (SSSR count). The molecule has 0 bridgehead atoms. The Kier molecular flexibility index (Phi) is 4.50. The molecular weight excluding hydrogens is 222 g/mol. The summed E-state index contributed by atoms with van der Waals surface area (Å²) in [7, 11) is 0. The van der Waals surface area contributed by atoms with Gasteiger partial charge in [-0.25, -0.2) is 0 Å². The molecule has 0 saturated heterocycles. The van der Waals surface area contributed by atoms with Crippen molar-refractivity contribution in [1.82, 2.24) is 5.32 Å². The zero-order chi connectivity index (χ0) is 12.3. The van der Waals surface area contributed by atoms with Crippen LogP contribution in [0.2, 0.25) is 0 Å². The average molecular weight is 241 g/mol. The fourth-order valence-electron chi connectivity index (χ4n) is 1.63. The first kappa shape index (κ1) is 13.2. The second-order valence-corrected chi connectivity index (χ2v) is 5.58. The van der Waals surface area contributed by atoms with Crippen molar-refractivity contribution in [1.29, 1.82) is 0 Å². The van der Waals surface area contributed by atoms with Crippen LogP contribution in [0, 0.1) is 13.8 Å². The van der Waals surface area contributed by atoms with E-state index in [0.29, 0.717) is 0 Å². The Bertz CT molecular complexity index is 373. The van der Waals surface area contributed by atoms with E-state index in [1.54, 1.807) is 11.3 Å². The number of aliphatic carboxylic acids is 1. The van der Waals surface area contributed by atoms with Crippen LogP contribution in [0.4, 0.5) is 0 Å². The first-order valence-corrected chi connectivity index (χ1v) is 6.33. The number of hydrogen-bond acceptors (Lipinski definition) is 3. The van der Waals surface area contributed by atoms with Gasteiger partial charge in [-0.3, -0.25) is 10.1 Å². The molecule has 2 atom stereocenters. The van der Waals surface area contributed by atoms with Crippen LogP contribution < -0.4 is 5.32 Å². The number of rotatable bonds is 5. The quantitative estimate of drug-likeness (QED) is 0.833. The zero-order valence-corrected chi connectivity index (χ0v) is 11.0. The molecule has 1 heterocycles. The van der Waals surface area contributed by atoms with Crippen LogP contribution in [0.25, 0.3) is 0 Å². The van der Waals surface area contributed by atoms with Gasteiger partial charge in [0.05, 0.1) is 0 Å². The van der Waals surface area contributed by atoms with Crippen LogP contribution in [0.15, 0.2) is 6.07 Å². The molecule has 0 fully saturated rings. The second-order valence-electron chi connectivity index (χ2n) is 4.12. The molecule has 2 N–H and O–H groups in total. The molecular formula is C12H19NO2S. The highest BCUT2D eigenvalue weighted by Gasteiger charge is 2.23. The van der Waals surface area contributed by atoms with Crippen molar-refractivity contribution in [2.24, 2.45) is 0 Å². The number of aryl methyl sites for hydroxylation is 2. The molecule has 0 aliphatic heterocycles. The Balaban J connectivity index is 2.94. The summed E-state index contributed by atoms with van der Waals surface area (Å²) in [6.07, 6.45) is 0.923. The molecule has 16 heavy (non-hydrogen) atoms. The van der Waals surface area contributed by atoms with Gasteiger partial charge < -0.3 is 5.11 Å². The number of hydrogen-bond donors (Lipinski definition) is 2. The Morgan fingerprint density at radius 2 is 2.19 bits per heavy atom. The molecule has 0 aliphatic carbocycles. The van der Waals surface area contributed by atoms with Gasteiger partial charge >= 0.3 is 5.97 Å². The molecule has 0 spiro atoms. The summed E-state index contributed by atoms with van der Waals surface area (Å²) >= 11 is 1.65. The summed E-state index contributed by atoms with van der Waals surface area (Å²) in [5, 5.41) is 12.4. The minimum Gasteiger partial charge on any atom is -0.480 e. The summed E-state index contributed by atoms with van der Waals surface area (Å²) in [5.41, 5.74) is 0.898. The zero-order valence-electron chi connectivity index (χ0n) is 10.2. The molecule has 0 aromatic carbocycles. The van der Waals surface area contributed by atoms with Crippen LogP contribution in [0.5, 0.6) is 0 Å². The van der Waals surface area contributed by atoms with Gasteiger partial charge in [-0.1, -0.05) is 6.92 Å². The lowest BCUT2D eigenvalue weighted by molar-refractivity contribution is -0.139. The van der Waals surface area contributed by atoms with E-state index in [1.807, 2.05) is 33.8 Å². The van der Waals surface area contributed by atoms with Crippen molar-refractivity contribution in [3.63, 3.8) is 0 Å². The maximum Gasteiger partial charge on any atom is 0.325 e. The standard InChI is InChI=1S/C12H19NO2S/c1-5-7(2)13-11(12(14)15)10-6-8(3)16-9(10)4/h6-7,11,13H,5H2,1-4H3,(H,14,15). The number of thiophene rings is 1. The van der Waals surface area contributed by atoms with Gasteiger partial charge in [0.25, 0.3) is 0 Å². The van der Waals surface area contributed by atoms with Crippen molar-refractivity contribution in [3.8, 4) is 0 Å². The molecule has 1 aromatic heterocycles. The molecule has 1 aromatic rings. The van der Waals surface area contributed by atoms with Gasteiger partial charge in [-0.2, -0.15) is 0 Å². The highest BCUT2D eigenvalue weighted by atomic mass is 32.1. The lowest BCUT2D eigenvalue weighted by Gasteiger charge is -2.19. The fraction of sp³-hybridized carbons (Fsp3) is 0.583. The van der Waals surface area contributed by atoms with Crippen LogP contribution in [0.3, 0.4) is 0 Å². The Hall–Kier alpha value is -0.870. The van der Waals surface area contributed by atoms with Crippen molar-refractivity contribution in [2.45, 2.75) is 46.2 Å². The highest BCUT2D eigenvalue weighted by molar-refractivity contribution is 7.12. The van der Waals surface area contributed by atoms with E-state index in [1.165, 1.54) is 0 Å². The summed E-state index contributed by atoms with van der Waals surface area (Å²) in [6, 6.07) is 1.59. The molecule has 0 saturated carbocycles. The molecule has 3 nitrogen and oxygen atoms in total. The fourth-order valence-corrected chi connectivity index (χ4v) is 2.60. The van der Waals surface area contributed by atoms with Gasteiger partial charge in [0.1, 0.15) is 6.04 Å². The lowest BCUT2D eigenvalue weighted by Crippen LogP contribution is -2.35. The maximum atomic E-state index is 11.3. The second kappa shape index (κ2) is 5.46. The first-order chi connectivity index (χ1) is 7.45. The third-order valence-corrected chi connectivity index (χ3v) is 3.68. The SMILES string of the molecule is CCC(C)NC(C(=O)O)c1cc(C)sc1C. The molecule has 0 amide bonds. The van der Waals surface area contributed by atoms with Gasteiger partial charge in [0.2, 0.25) is 0 Å². The smallest absolute Gasteiger partial charge is 0.325 e. The van der Waals surface area contributed by atoms with Crippen LogP contribution in [0.1, 0.15) is 41.6 Å². The molecule has 4 heteroatoms. The van der Waals surface area contributed by atoms with Gasteiger partial charge in [0, 0.05) is 15.8 Å². The predicted molar refractivity (Wildman–Crippen MR) is 67.1 cm³/mol. The lowest BCUT2D eigenvalue weighted by atomic mass is 10.1. The van der Waals surface area contributed by atoms with Gasteiger partial charge in [-0.05, 0) is 38.8 Å².